The molecule has 1 amide bonds. The van der Waals surface area contributed by atoms with Gasteiger partial charge in [-0.05, 0) is 47.0 Å². The summed E-state index contributed by atoms with van der Waals surface area (Å²) < 4.78 is 0.609. The molecule has 1 aromatic carbocycles. The summed E-state index contributed by atoms with van der Waals surface area (Å²) in [5.74, 6) is 0.0929. The van der Waals surface area contributed by atoms with Gasteiger partial charge in [-0.2, -0.15) is 0 Å². The number of amides is 1. The summed E-state index contributed by atoms with van der Waals surface area (Å²) in [7, 11) is 1.84. The van der Waals surface area contributed by atoms with Gasteiger partial charge in [0.1, 0.15) is 5.75 Å². The Morgan fingerprint density at radius 2 is 2.06 bits per heavy atom. The van der Waals surface area contributed by atoms with Crippen molar-refractivity contribution in [1.82, 2.24) is 4.90 Å². The molecule has 0 aromatic heterocycles. The number of phenols is 1. The van der Waals surface area contributed by atoms with Gasteiger partial charge in [0.2, 0.25) is 0 Å². The molecule has 0 heterocycles. The second-order valence-corrected chi connectivity index (χ2v) is 5.37. The zero-order chi connectivity index (χ0) is 12.4. The molecule has 0 aliphatic heterocycles. The summed E-state index contributed by atoms with van der Waals surface area (Å²) in [4.78, 5) is 14.0. The molecule has 1 fully saturated rings. The van der Waals surface area contributed by atoms with E-state index in [4.69, 9.17) is 0 Å². The first-order valence-electron chi connectivity index (χ1n) is 5.85. The highest BCUT2D eigenvalue weighted by molar-refractivity contribution is 9.10. The van der Waals surface area contributed by atoms with E-state index in [-0.39, 0.29) is 11.7 Å². The highest BCUT2D eigenvalue weighted by Gasteiger charge is 2.24. The smallest absolute Gasteiger partial charge is 0.253 e. The fraction of sp³-hybridized carbons (Fsp3) is 0.462. The van der Waals surface area contributed by atoms with Crippen molar-refractivity contribution in [1.29, 1.82) is 0 Å². The van der Waals surface area contributed by atoms with Crippen molar-refractivity contribution in [2.24, 2.45) is 0 Å². The van der Waals surface area contributed by atoms with Crippen LogP contribution < -0.4 is 0 Å². The van der Waals surface area contributed by atoms with Gasteiger partial charge in [0.25, 0.3) is 5.91 Å². The normalized spacial score (nSPS) is 16.1. The van der Waals surface area contributed by atoms with E-state index in [1.165, 1.54) is 18.9 Å². The summed E-state index contributed by atoms with van der Waals surface area (Å²) in [5, 5.41) is 9.58. The van der Waals surface area contributed by atoms with Crippen molar-refractivity contribution in [2.45, 2.75) is 31.7 Å². The molecular weight excluding hydrogens is 282 g/mol. The van der Waals surface area contributed by atoms with E-state index in [2.05, 4.69) is 15.9 Å². The van der Waals surface area contributed by atoms with E-state index in [0.29, 0.717) is 16.1 Å². The number of rotatable bonds is 2. The third-order valence-electron chi connectivity index (χ3n) is 3.39. The molecule has 1 aliphatic carbocycles. The van der Waals surface area contributed by atoms with Gasteiger partial charge < -0.3 is 10.0 Å². The molecule has 1 saturated carbocycles. The highest BCUT2D eigenvalue weighted by Crippen LogP contribution is 2.27. The van der Waals surface area contributed by atoms with Gasteiger partial charge in [0.05, 0.1) is 4.47 Å². The van der Waals surface area contributed by atoms with Gasteiger partial charge in [0.15, 0.2) is 0 Å². The number of benzene rings is 1. The number of halogens is 1. The van der Waals surface area contributed by atoms with Crippen LogP contribution in [0, 0.1) is 0 Å². The van der Waals surface area contributed by atoms with Gasteiger partial charge in [-0.3, -0.25) is 4.79 Å². The van der Waals surface area contributed by atoms with E-state index in [1.54, 1.807) is 17.0 Å². The number of nitrogens with zero attached hydrogens (tertiary/aromatic N) is 1. The van der Waals surface area contributed by atoms with Crippen LogP contribution in [-0.4, -0.2) is 29.0 Å². The maximum atomic E-state index is 12.2. The third kappa shape index (κ3) is 2.63. The largest absolute Gasteiger partial charge is 0.507 e. The average molecular weight is 298 g/mol. The molecule has 0 atom stereocenters. The fourth-order valence-electron chi connectivity index (χ4n) is 2.31. The molecule has 4 heteroatoms. The summed E-state index contributed by atoms with van der Waals surface area (Å²) in [6.07, 6.45) is 4.58. The Kier molecular flexibility index (Phi) is 3.72. The maximum Gasteiger partial charge on any atom is 0.253 e. The first-order chi connectivity index (χ1) is 8.09. The van der Waals surface area contributed by atoms with Gasteiger partial charge in [-0.25, -0.2) is 0 Å². The molecule has 2 rings (SSSR count). The summed E-state index contributed by atoms with van der Waals surface area (Å²) in [5.41, 5.74) is 0.542. The van der Waals surface area contributed by atoms with Crippen LogP contribution in [-0.2, 0) is 0 Å². The number of hydrogen-bond acceptors (Lipinski definition) is 2. The lowest BCUT2D eigenvalue weighted by molar-refractivity contribution is 0.0734. The Bertz CT molecular complexity index is 427. The van der Waals surface area contributed by atoms with Crippen molar-refractivity contribution in [2.75, 3.05) is 7.05 Å². The van der Waals surface area contributed by atoms with E-state index in [1.807, 2.05) is 7.05 Å². The maximum absolute atomic E-state index is 12.2. The number of phenolic OH excluding ortho intramolecular Hbond substituents is 1. The quantitative estimate of drug-likeness (QED) is 0.911. The monoisotopic (exact) mass is 297 g/mol. The zero-order valence-electron chi connectivity index (χ0n) is 9.82. The van der Waals surface area contributed by atoms with Gasteiger partial charge in [-0.1, -0.05) is 12.8 Å². The lowest BCUT2D eigenvalue weighted by atomic mass is 10.1. The van der Waals surface area contributed by atoms with Crippen LogP contribution in [0.3, 0.4) is 0 Å². The van der Waals surface area contributed by atoms with Crippen LogP contribution in [0.5, 0.6) is 5.75 Å². The lowest BCUT2D eigenvalue weighted by Crippen LogP contribution is -2.35. The molecular formula is C13H16BrNO2. The van der Waals surface area contributed by atoms with Crippen LogP contribution in [0.25, 0.3) is 0 Å². The molecule has 0 spiro atoms. The number of hydrogen-bond donors (Lipinski definition) is 1. The minimum Gasteiger partial charge on any atom is -0.507 e. The van der Waals surface area contributed by atoms with E-state index < -0.39 is 0 Å². The van der Waals surface area contributed by atoms with E-state index in [0.717, 1.165) is 12.8 Å². The van der Waals surface area contributed by atoms with Crippen LogP contribution in [0.2, 0.25) is 0 Å². The number of carbonyl (C=O) groups excluding carboxylic acids is 1. The summed E-state index contributed by atoms with van der Waals surface area (Å²) in [6, 6.07) is 5.30. The predicted molar refractivity (Wildman–Crippen MR) is 70.2 cm³/mol. The second-order valence-electron chi connectivity index (χ2n) is 4.52. The number of aromatic hydroxyl groups is 1. The van der Waals surface area contributed by atoms with Crippen molar-refractivity contribution in [3.05, 3.63) is 28.2 Å². The Labute approximate surface area is 110 Å². The molecule has 0 radical (unpaired) electrons. The first kappa shape index (κ1) is 12.4. The molecule has 92 valence electrons. The standard InChI is InChI=1S/C13H16BrNO2/c1-15(10-4-2-3-5-10)13(17)9-6-7-11(14)12(16)8-9/h6-8,10,16H,2-5H2,1H3. The van der Waals surface area contributed by atoms with Crippen molar-refractivity contribution < 1.29 is 9.90 Å². The van der Waals surface area contributed by atoms with Crippen LogP contribution in [0.1, 0.15) is 36.0 Å². The molecule has 0 unspecified atom stereocenters. The molecule has 0 saturated heterocycles. The molecule has 1 N–H and O–H groups in total. The zero-order valence-corrected chi connectivity index (χ0v) is 11.4. The van der Waals surface area contributed by atoms with Crippen molar-refractivity contribution in [3.8, 4) is 5.75 Å². The molecule has 1 aliphatic rings. The Morgan fingerprint density at radius 1 is 1.41 bits per heavy atom. The van der Waals surface area contributed by atoms with Crippen LogP contribution >= 0.6 is 15.9 Å². The molecule has 1 aromatic rings. The summed E-state index contributed by atoms with van der Waals surface area (Å²) in [6.45, 7) is 0. The van der Waals surface area contributed by atoms with Crippen molar-refractivity contribution >= 4 is 21.8 Å². The Morgan fingerprint density at radius 3 is 2.65 bits per heavy atom. The SMILES string of the molecule is CN(C(=O)c1ccc(Br)c(O)c1)C1CCCC1. The Hall–Kier alpha value is -1.03. The van der Waals surface area contributed by atoms with Gasteiger partial charge >= 0.3 is 0 Å². The molecule has 3 nitrogen and oxygen atoms in total. The van der Waals surface area contributed by atoms with Gasteiger partial charge in [0, 0.05) is 18.7 Å². The Balaban J connectivity index is 2.15. The average Bonchev–Trinajstić information content (AvgIpc) is 2.84. The molecule has 17 heavy (non-hydrogen) atoms. The minimum atomic E-state index is -0.0142. The van der Waals surface area contributed by atoms with Gasteiger partial charge in [-0.15, -0.1) is 0 Å². The van der Waals surface area contributed by atoms with Crippen molar-refractivity contribution in [3.63, 3.8) is 0 Å². The third-order valence-corrected chi connectivity index (χ3v) is 4.06. The predicted octanol–water partition coefficient (Wildman–Crippen LogP) is 3.17. The number of carbonyl (C=O) groups is 1. The summed E-state index contributed by atoms with van der Waals surface area (Å²) >= 11 is 3.21. The van der Waals surface area contributed by atoms with Crippen LogP contribution in [0.15, 0.2) is 22.7 Å². The van der Waals surface area contributed by atoms with Crippen LogP contribution in [0.4, 0.5) is 0 Å². The highest BCUT2D eigenvalue weighted by atomic mass is 79.9. The van der Waals surface area contributed by atoms with E-state index >= 15 is 0 Å². The first-order valence-corrected chi connectivity index (χ1v) is 6.64. The topological polar surface area (TPSA) is 40.5 Å². The minimum absolute atomic E-state index is 0.0142. The molecule has 0 bridgehead atoms. The second kappa shape index (κ2) is 5.08. The fourth-order valence-corrected chi connectivity index (χ4v) is 2.55. The van der Waals surface area contributed by atoms with E-state index in [9.17, 15) is 9.90 Å². The lowest BCUT2D eigenvalue weighted by Gasteiger charge is -2.24.